The molecule has 352 valence electrons. The van der Waals surface area contributed by atoms with E-state index in [0.29, 0.717) is 28.0 Å². The number of benzene rings is 1. The van der Waals surface area contributed by atoms with Crippen LogP contribution >= 0.6 is 23.3 Å². The lowest BCUT2D eigenvalue weighted by Gasteiger charge is -2.49. The maximum absolute atomic E-state index is 14.1. The zero-order valence-corrected chi connectivity index (χ0v) is 39.3. The van der Waals surface area contributed by atoms with Gasteiger partial charge in [-0.05, 0) is 83.3 Å². The van der Waals surface area contributed by atoms with Crippen molar-refractivity contribution < 1.29 is 57.1 Å². The Bertz CT molecular complexity index is 2530. The summed E-state index contributed by atoms with van der Waals surface area (Å²) in [5, 5.41) is 13.8. The third-order valence-corrected chi connectivity index (χ3v) is 11.2. The number of oxime groups is 1. The van der Waals surface area contributed by atoms with E-state index in [0.717, 1.165) is 11.5 Å². The molecule has 5 heterocycles. The highest BCUT2D eigenvalue weighted by molar-refractivity contribution is 8.00. The molecule has 2 atom stereocenters. The minimum absolute atomic E-state index is 0.0216. The topological polar surface area (TPSA) is 260 Å². The zero-order valence-electron chi connectivity index (χ0n) is 37.7. The van der Waals surface area contributed by atoms with Gasteiger partial charge in [0, 0.05) is 35.9 Å². The number of amides is 5. The predicted molar refractivity (Wildman–Crippen MR) is 240 cm³/mol. The number of hydrogen-bond acceptors (Lipinski definition) is 17. The summed E-state index contributed by atoms with van der Waals surface area (Å²) < 4.78 is 29.2. The van der Waals surface area contributed by atoms with Crippen molar-refractivity contribution >= 4 is 81.2 Å². The Morgan fingerprint density at radius 3 is 2.38 bits per heavy atom. The quantitative estimate of drug-likeness (QED) is 0.0226. The van der Waals surface area contributed by atoms with E-state index in [1.165, 1.54) is 23.0 Å². The number of thioether (sulfide) groups is 1. The van der Waals surface area contributed by atoms with E-state index in [-0.39, 0.29) is 73.4 Å². The standard InChI is InChI=1S/C42H51N11O11S2/c1-9-62-49-29(32-47-38(66-50-32)48-40(59)64-42(5,6)7)34(55)46-30-35(56)53-31(37(57)61-21-24-12-14-26(60-8)15-13-24)25(22-65-36(30)53)19-51-18-10-11-27-33(51)45-23-52(27)20-28(54)43-16-17-44-39(58)63-41(2,3)4/h10-15,18,23,30,36H,9,16-17,19-22H2,1-8H3,(H3-,43,44,46,47,48,50,54,55,58,59)/p+1/b49-29-. The van der Waals surface area contributed by atoms with Crippen LogP contribution in [0.3, 0.4) is 0 Å². The van der Waals surface area contributed by atoms with E-state index in [4.69, 9.17) is 23.8 Å². The second kappa shape index (κ2) is 21.0. The first-order valence-electron chi connectivity index (χ1n) is 20.7. The van der Waals surface area contributed by atoms with E-state index < -0.39 is 52.6 Å². The Balaban J connectivity index is 1.19. The number of pyridine rings is 1. The fraction of sp³-hybridized carbons (Fsp3) is 0.452. The van der Waals surface area contributed by atoms with Gasteiger partial charge in [-0.15, -0.1) is 11.8 Å². The molecule has 1 aromatic carbocycles. The normalized spacial score (nSPS) is 16.2. The number of rotatable bonds is 17. The Kier molecular flexibility index (Phi) is 15.5. The van der Waals surface area contributed by atoms with Gasteiger partial charge in [-0.1, -0.05) is 17.3 Å². The summed E-state index contributed by atoms with van der Waals surface area (Å²) in [4.78, 5) is 94.5. The molecule has 2 aliphatic rings. The van der Waals surface area contributed by atoms with Crippen molar-refractivity contribution in [3.8, 4) is 5.75 Å². The van der Waals surface area contributed by atoms with Crippen LogP contribution in [0.2, 0.25) is 0 Å². The van der Waals surface area contributed by atoms with Crippen LogP contribution in [0.5, 0.6) is 5.75 Å². The van der Waals surface area contributed by atoms with Gasteiger partial charge in [-0.2, -0.15) is 9.36 Å². The summed E-state index contributed by atoms with van der Waals surface area (Å²) in [6.45, 7) is 12.4. The number of β-lactam (4-membered cyclic amide) rings is 1. The number of carbonyl (C=O) groups is 6. The number of carbonyl (C=O) groups excluding carboxylic acids is 6. The molecule has 5 amide bonds. The van der Waals surface area contributed by atoms with Gasteiger partial charge in [-0.3, -0.25) is 29.2 Å². The van der Waals surface area contributed by atoms with Gasteiger partial charge in [-0.25, -0.2) is 19.0 Å². The van der Waals surface area contributed by atoms with Crippen LogP contribution in [0.1, 0.15) is 59.9 Å². The van der Waals surface area contributed by atoms with Gasteiger partial charge in [0.05, 0.1) is 13.3 Å². The highest BCUT2D eigenvalue weighted by Crippen LogP contribution is 2.41. The average Bonchev–Trinajstić information content (AvgIpc) is 3.89. The largest absolute Gasteiger partial charge is 0.497 e. The molecule has 6 rings (SSSR count). The van der Waals surface area contributed by atoms with Gasteiger partial charge in [0.1, 0.15) is 65.9 Å². The predicted octanol–water partition coefficient (Wildman–Crippen LogP) is 3.01. The zero-order chi connectivity index (χ0) is 47.8. The van der Waals surface area contributed by atoms with E-state index >= 15 is 0 Å². The van der Waals surface area contributed by atoms with Gasteiger partial charge < -0.3 is 39.7 Å². The summed E-state index contributed by atoms with van der Waals surface area (Å²) in [6.07, 6.45) is 1.94. The molecular weight excluding hydrogens is 899 g/mol. The molecule has 0 radical (unpaired) electrons. The van der Waals surface area contributed by atoms with Gasteiger partial charge in [0.15, 0.2) is 0 Å². The van der Waals surface area contributed by atoms with Crippen molar-refractivity contribution in [1.82, 2.24) is 39.8 Å². The number of nitrogens with zero attached hydrogens (tertiary/aromatic N) is 7. The summed E-state index contributed by atoms with van der Waals surface area (Å²) >= 11 is 2.12. The second-order valence-corrected chi connectivity index (χ2v) is 18.5. The second-order valence-electron chi connectivity index (χ2n) is 16.6. The molecule has 66 heavy (non-hydrogen) atoms. The summed E-state index contributed by atoms with van der Waals surface area (Å²) in [7, 11) is 1.54. The molecule has 0 aliphatic carbocycles. The van der Waals surface area contributed by atoms with Crippen molar-refractivity contribution in [3.05, 3.63) is 71.6 Å². The summed E-state index contributed by atoms with van der Waals surface area (Å²) in [6, 6.07) is 9.47. The van der Waals surface area contributed by atoms with Crippen molar-refractivity contribution in [1.29, 1.82) is 0 Å². The van der Waals surface area contributed by atoms with Crippen LogP contribution in [0.25, 0.3) is 11.2 Å². The van der Waals surface area contributed by atoms with Crippen LogP contribution in [0, 0.1) is 0 Å². The lowest BCUT2D eigenvalue weighted by Crippen LogP contribution is -2.71. The number of hydrogen-bond donors (Lipinski definition) is 4. The Morgan fingerprint density at radius 1 is 0.970 bits per heavy atom. The molecule has 0 saturated carbocycles. The minimum atomic E-state index is -1.09. The minimum Gasteiger partial charge on any atom is -0.497 e. The summed E-state index contributed by atoms with van der Waals surface area (Å²) in [5.74, 6) is -1.76. The number of ether oxygens (including phenoxy) is 4. The number of esters is 1. The number of imidazole rings is 1. The summed E-state index contributed by atoms with van der Waals surface area (Å²) in [5.41, 5.74) is 0.617. The third-order valence-electron chi connectivity index (χ3n) is 9.24. The van der Waals surface area contributed by atoms with E-state index in [1.807, 2.05) is 0 Å². The number of nitrogens with one attached hydrogen (secondary N) is 4. The number of alkyl carbamates (subject to hydrolysis) is 1. The van der Waals surface area contributed by atoms with E-state index in [2.05, 4.69) is 40.8 Å². The Hall–Kier alpha value is -6.82. The van der Waals surface area contributed by atoms with Gasteiger partial charge >= 0.3 is 23.8 Å². The molecule has 0 bridgehead atoms. The monoisotopic (exact) mass is 950 g/mol. The Morgan fingerprint density at radius 2 is 1.68 bits per heavy atom. The number of anilines is 1. The maximum Gasteiger partial charge on any atom is 0.414 e. The van der Waals surface area contributed by atoms with E-state index in [9.17, 15) is 28.8 Å². The molecule has 3 aromatic heterocycles. The van der Waals surface area contributed by atoms with Crippen molar-refractivity contribution in [2.75, 3.05) is 37.9 Å². The molecule has 2 unspecified atom stereocenters. The molecule has 0 spiro atoms. The molecular formula is C42H52N11O11S2+. The number of fused-ring (bicyclic) bond motifs is 2. The smallest absolute Gasteiger partial charge is 0.414 e. The van der Waals surface area contributed by atoms with Crippen molar-refractivity contribution in [2.24, 2.45) is 5.16 Å². The highest BCUT2D eigenvalue weighted by Gasteiger charge is 2.55. The average molecular weight is 951 g/mol. The van der Waals surface area contributed by atoms with Gasteiger partial charge in [0.25, 0.3) is 11.8 Å². The molecule has 4 N–H and O–H groups in total. The first-order chi connectivity index (χ1) is 31.3. The third kappa shape index (κ3) is 12.5. The first kappa shape index (κ1) is 48.6. The molecule has 2 aliphatic heterocycles. The molecule has 22 nitrogen and oxygen atoms in total. The highest BCUT2D eigenvalue weighted by atomic mass is 32.2. The first-order valence-corrected chi connectivity index (χ1v) is 22.5. The van der Waals surface area contributed by atoms with Crippen LogP contribution in [-0.2, 0) is 57.9 Å². The lowest BCUT2D eigenvalue weighted by atomic mass is 10.0. The molecule has 1 fully saturated rings. The van der Waals surface area contributed by atoms with Crippen LogP contribution in [0.15, 0.2) is 65.3 Å². The van der Waals surface area contributed by atoms with Crippen LogP contribution in [0.4, 0.5) is 14.7 Å². The van der Waals surface area contributed by atoms with Crippen molar-refractivity contribution in [2.45, 2.75) is 90.8 Å². The fourth-order valence-electron chi connectivity index (χ4n) is 6.45. The lowest BCUT2D eigenvalue weighted by molar-refractivity contribution is -0.664. The number of aromatic nitrogens is 5. The van der Waals surface area contributed by atoms with E-state index in [1.54, 1.807) is 107 Å². The number of methoxy groups -OCH3 is 1. The maximum atomic E-state index is 14.1. The SMILES string of the molecule is CCO/N=C(\C(=O)NC1C(=O)N2C(C(=O)OCc3ccc(OC)cc3)=C(C[n+]3cccc4c3ncn4CC(=O)NCCNC(=O)OC(C)(C)C)CSC12)c1nsc(NC(=O)OC(C)(C)C)n1. The van der Waals surface area contributed by atoms with Crippen LogP contribution in [-0.4, -0.2) is 121 Å². The molecule has 1 saturated heterocycles. The Labute approximate surface area is 388 Å². The molecule has 24 heteroatoms. The molecule has 4 aromatic rings. The fourth-order valence-corrected chi connectivity index (χ4v) is 8.34. The van der Waals surface area contributed by atoms with Crippen LogP contribution < -0.4 is 30.6 Å². The van der Waals surface area contributed by atoms with Crippen molar-refractivity contribution in [3.63, 3.8) is 0 Å². The van der Waals surface area contributed by atoms with Gasteiger partial charge in [0.2, 0.25) is 28.9 Å².